The molecule has 1 aromatic heterocycles. The Hall–Kier alpha value is -4.39. The van der Waals surface area contributed by atoms with E-state index in [1.54, 1.807) is 36.4 Å². The third kappa shape index (κ3) is 4.94. The highest BCUT2D eigenvalue weighted by molar-refractivity contribution is 6.05. The fourth-order valence-electron chi connectivity index (χ4n) is 4.04. The molecule has 0 unspecified atom stereocenters. The predicted molar refractivity (Wildman–Crippen MR) is 134 cm³/mol. The monoisotopic (exact) mass is 470 g/mol. The molecular weight excluding hydrogens is 444 g/mol. The van der Waals surface area contributed by atoms with E-state index in [-0.39, 0.29) is 11.3 Å². The van der Waals surface area contributed by atoms with Crippen LogP contribution in [0.3, 0.4) is 0 Å². The topological polar surface area (TPSA) is 78.0 Å². The number of para-hydroxylation sites is 2. The van der Waals surface area contributed by atoms with E-state index in [4.69, 9.17) is 19.2 Å². The Morgan fingerprint density at radius 2 is 1.66 bits per heavy atom. The molecule has 7 heteroatoms. The number of methoxy groups -OCH3 is 3. The number of benzene rings is 2. The van der Waals surface area contributed by atoms with Crippen LogP contribution in [0.5, 0.6) is 5.75 Å². The van der Waals surface area contributed by atoms with Gasteiger partial charge >= 0.3 is 11.9 Å². The molecule has 0 radical (unpaired) electrons. The van der Waals surface area contributed by atoms with Gasteiger partial charge in [-0.25, -0.2) is 14.6 Å². The Kier molecular flexibility index (Phi) is 7.26. The highest BCUT2D eigenvalue weighted by Crippen LogP contribution is 2.30. The van der Waals surface area contributed by atoms with Crippen molar-refractivity contribution in [1.82, 2.24) is 4.98 Å². The van der Waals surface area contributed by atoms with Crippen molar-refractivity contribution >= 4 is 28.5 Å². The van der Waals surface area contributed by atoms with Gasteiger partial charge in [0.1, 0.15) is 17.0 Å². The number of rotatable bonds is 7. The molecule has 2 aromatic carbocycles. The van der Waals surface area contributed by atoms with Crippen LogP contribution in [0, 0.1) is 0 Å². The first-order valence-corrected chi connectivity index (χ1v) is 11.1. The van der Waals surface area contributed by atoms with E-state index in [9.17, 15) is 9.59 Å². The highest BCUT2D eigenvalue weighted by atomic mass is 16.5. The van der Waals surface area contributed by atoms with E-state index in [1.165, 1.54) is 14.2 Å². The quantitative estimate of drug-likeness (QED) is 0.470. The molecule has 3 aromatic rings. The maximum Gasteiger partial charge on any atom is 0.355 e. The molecule has 2 heterocycles. The Labute approximate surface area is 203 Å². The summed E-state index contributed by atoms with van der Waals surface area (Å²) in [6.45, 7) is 0. The minimum Gasteiger partial charge on any atom is -0.494 e. The van der Waals surface area contributed by atoms with Crippen molar-refractivity contribution in [2.24, 2.45) is 0 Å². The van der Waals surface area contributed by atoms with Gasteiger partial charge in [0, 0.05) is 23.0 Å². The van der Waals surface area contributed by atoms with E-state index < -0.39 is 11.9 Å². The molecule has 0 saturated heterocycles. The number of carbonyl (C=O) groups excluding carboxylic acids is 2. The number of pyridine rings is 1. The van der Waals surface area contributed by atoms with E-state index in [2.05, 4.69) is 0 Å². The lowest BCUT2D eigenvalue weighted by atomic mass is 10.0. The van der Waals surface area contributed by atoms with Crippen molar-refractivity contribution in [2.75, 3.05) is 26.2 Å². The average Bonchev–Trinajstić information content (AvgIpc) is 3.13. The van der Waals surface area contributed by atoms with Gasteiger partial charge in [-0.15, -0.1) is 0 Å². The largest absolute Gasteiger partial charge is 0.494 e. The van der Waals surface area contributed by atoms with Gasteiger partial charge in [0.2, 0.25) is 0 Å². The highest BCUT2D eigenvalue weighted by Gasteiger charge is 2.28. The molecule has 0 fully saturated rings. The van der Waals surface area contributed by atoms with Crippen LogP contribution in [0.2, 0.25) is 0 Å². The number of nitrogens with zero attached hydrogens (tertiary/aromatic N) is 2. The van der Waals surface area contributed by atoms with Gasteiger partial charge in [0.15, 0.2) is 0 Å². The van der Waals surface area contributed by atoms with Crippen molar-refractivity contribution in [1.29, 1.82) is 0 Å². The summed E-state index contributed by atoms with van der Waals surface area (Å²) in [5.74, 6) is -0.531. The summed E-state index contributed by atoms with van der Waals surface area (Å²) in [6, 6.07) is 17.6. The van der Waals surface area contributed by atoms with Crippen molar-refractivity contribution in [2.45, 2.75) is 12.8 Å². The maximum absolute atomic E-state index is 12.8. The van der Waals surface area contributed by atoms with Crippen LogP contribution in [-0.4, -0.2) is 38.3 Å². The molecule has 7 nitrogen and oxygen atoms in total. The number of aryl methyl sites for hydroxylation is 2. The van der Waals surface area contributed by atoms with Crippen LogP contribution in [0.1, 0.15) is 11.3 Å². The number of fused-ring (bicyclic) bond motifs is 1. The molecule has 0 N–H and O–H groups in total. The minimum absolute atomic E-state index is 0.0883. The molecule has 0 spiro atoms. The number of esters is 2. The van der Waals surface area contributed by atoms with Gasteiger partial charge in [0.25, 0.3) is 0 Å². The molecule has 0 amide bonds. The summed E-state index contributed by atoms with van der Waals surface area (Å²) in [7, 11) is 4.20. The molecule has 0 aliphatic carbocycles. The lowest BCUT2D eigenvalue weighted by Gasteiger charge is -2.25. The molecule has 1 aliphatic heterocycles. The Morgan fingerprint density at radius 1 is 0.857 bits per heavy atom. The lowest BCUT2D eigenvalue weighted by Crippen LogP contribution is -2.27. The van der Waals surface area contributed by atoms with Gasteiger partial charge in [-0.3, -0.25) is 0 Å². The van der Waals surface area contributed by atoms with Gasteiger partial charge < -0.3 is 19.1 Å². The first-order chi connectivity index (χ1) is 17.1. The first kappa shape index (κ1) is 23.8. The smallest absolute Gasteiger partial charge is 0.355 e. The van der Waals surface area contributed by atoms with Crippen LogP contribution < -0.4 is 9.64 Å². The average molecular weight is 471 g/mol. The number of hydrogen-bond acceptors (Lipinski definition) is 7. The Morgan fingerprint density at radius 3 is 2.43 bits per heavy atom. The molecule has 35 heavy (non-hydrogen) atoms. The number of allylic oxidation sites excluding steroid dienone is 2. The number of carbonyl (C=O) groups is 2. The zero-order chi connectivity index (χ0) is 24.8. The molecule has 178 valence electrons. The molecule has 1 aliphatic rings. The number of ether oxygens (including phenoxy) is 3. The number of hydrogen-bond donors (Lipinski definition) is 0. The van der Waals surface area contributed by atoms with Crippen LogP contribution >= 0.6 is 0 Å². The second kappa shape index (κ2) is 10.7. The van der Waals surface area contributed by atoms with Crippen LogP contribution in [-0.2, 0) is 31.9 Å². The normalized spacial score (nSPS) is 13.1. The fraction of sp³-hybridized carbons (Fsp3) is 0.179. The predicted octanol–water partition coefficient (Wildman–Crippen LogP) is 4.52. The van der Waals surface area contributed by atoms with Gasteiger partial charge in [0.05, 0.1) is 26.9 Å². The zero-order valence-corrected chi connectivity index (χ0v) is 19.9. The fourth-order valence-corrected chi connectivity index (χ4v) is 4.04. The van der Waals surface area contributed by atoms with Crippen molar-refractivity contribution < 1.29 is 23.8 Å². The molecule has 0 saturated carbocycles. The lowest BCUT2D eigenvalue weighted by molar-refractivity contribution is -0.139. The van der Waals surface area contributed by atoms with Crippen LogP contribution in [0.15, 0.2) is 90.3 Å². The number of aromatic nitrogens is 1. The summed E-state index contributed by atoms with van der Waals surface area (Å²) in [6.07, 6.45) is 8.04. The number of anilines is 1. The van der Waals surface area contributed by atoms with Gasteiger partial charge in [-0.1, -0.05) is 42.5 Å². The Balaban J connectivity index is 1.70. The SMILES string of the molecule is COC(=O)C1=C(C(=O)OC)N(c2ccccc2CCc2ccc3cccc(OC)c3n2)C=CC=C1. The summed E-state index contributed by atoms with van der Waals surface area (Å²) < 4.78 is 15.4. The van der Waals surface area contributed by atoms with Gasteiger partial charge in [-0.2, -0.15) is 0 Å². The zero-order valence-electron chi connectivity index (χ0n) is 19.9. The standard InChI is InChI=1S/C28H26N2O5/c1-33-24-13-8-10-20-15-17-21(29-25(20)24)16-14-19-9-4-5-12-23(19)30-18-7-6-11-22(27(31)34-2)26(30)28(32)35-3/h4-13,15,17-18H,14,16H2,1-3H3. The minimum atomic E-state index is -0.639. The summed E-state index contributed by atoms with van der Waals surface area (Å²) in [4.78, 5) is 31.7. The van der Waals surface area contributed by atoms with E-state index >= 15 is 0 Å². The molecule has 4 rings (SSSR count). The van der Waals surface area contributed by atoms with Crippen molar-refractivity contribution in [3.63, 3.8) is 0 Å². The molecular formula is C28H26N2O5. The molecule has 0 bridgehead atoms. The third-order valence-electron chi connectivity index (χ3n) is 5.75. The van der Waals surface area contributed by atoms with Crippen molar-refractivity contribution in [3.05, 3.63) is 102 Å². The summed E-state index contributed by atoms with van der Waals surface area (Å²) in [5, 5.41) is 1.01. The first-order valence-electron chi connectivity index (χ1n) is 11.1. The van der Waals surface area contributed by atoms with Crippen molar-refractivity contribution in [3.8, 4) is 5.75 Å². The Bertz CT molecular complexity index is 1360. The summed E-state index contributed by atoms with van der Waals surface area (Å²) >= 11 is 0. The van der Waals surface area contributed by atoms with E-state index in [0.717, 1.165) is 33.6 Å². The van der Waals surface area contributed by atoms with Gasteiger partial charge in [-0.05, 0) is 48.8 Å². The molecule has 0 atom stereocenters. The summed E-state index contributed by atoms with van der Waals surface area (Å²) in [5.41, 5.74) is 3.68. The van der Waals surface area contributed by atoms with Crippen LogP contribution in [0.4, 0.5) is 5.69 Å². The maximum atomic E-state index is 12.8. The second-order valence-corrected chi connectivity index (χ2v) is 7.78. The third-order valence-corrected chi connectivity index (χ3v) is 5.75. The van der Waals surface area contributed by atoms with E-state index in [0.29, 0.717) is 12.8 Å². The van der Waals surface area contributed by atoms with Crippen LogP contribution in [0.25, 0.3) is 10.9 Å². The second-order valence-electron chi connectivity index (χ2n) is 7.78. The van der Waals surface area contributed by atoms with E-state index in [1.807, 2.05) is 54.6 Å².